The summed E-state index contributed by atoms with van der Waals surface area (Å²) in [5.74, 6) is 1.62. The van der Waals surface area contributed by atoms with Gasteiger partial charge in [0.25, 0.3) is 5.91 Å². The van der Waals surface area contributed by atoms with Gasteiger partial charge in [-0.1, -0.05) is 51.1 Å². The summed E-state index contributed by atoms with van der Waals surface area (Å²) in [5.41, 5.74) is 2.44. The molecule has 0 spiro atoms. The second kappa shape index (κ2) is 12.1. The van der Waals surface area contributed by atoms with Crippen LogP contribution in [0.3, 0.4) is 0 Å². The van der Waals surface area contributed by atoms with Crippen molar-refractivity contribution in [2.75, 3.05) is 13.2 Å². The monoisotopic (exact) mass is 383 g/mol. The van der Waals surface area contributed by atoms with Gasteiger partial charge in [-0.25, -0.2) is 0 Å². The second-order valence-corrected chi connectivity index (χ2v) is 6.86. The summed E-state index contributed by atoms with van der Waals surface area (Å²) in [6.07, 6.45) is 3.88. The third-order valence-corrected chi connectivity index (χ3v) is 4.63. The smallest absolute Gasteiger partial charge is 0.261 e. The average Bonchev–Trinajstić information content (AvgIpc) is 2.74. The van der Waals surface area contributed by atoms with E-state index in [9.17, 15) is 4.79 Å². The molecule has 0 radical (unpaired) electrons. The van der Waals surface area contributed by atoms with E-state index in [-0.39, 0.29) is 5.91 Å². The van der Waals surface area contributed by atoms with Gasteiger partial charge in [0.1, 0.15) is 11.5 Å². The van der Waals surface area contributed by atoms with Crippen LogP contribution in [-0.4, -0.2) is 25.2 Å². The Balaban J connectivity index is 1.79. The Morgan fingerprint density at radius 3 is 2.46 bits per heavy atom. The summed E-state index contributed by atoms with van der Waals surface area (Å²) in [4.78, 5) is 12.5. The fourth-order valence-electron chi connectivity index (χ4n) is 2.96. The van der Waals surface area contributed by atoms with E-state index in [1.807, 2.05) is 49.4 Å². The molecular weight excluding hydrogens is 350 g/mol. The van der Waals surface area contributed by atoms with Gasteiger partial charge >= 0.3 is 0 Å². The van der Waals surface area contributed by atoms with Crippen molar-refractivity contribution in [2.24, 2.45) is 0 Å². The first-order valence-corrected chi connectivity index (χ1v) is 10.4. The van der Waals surface area contributed by atoms with E-state index in [1.54, 1.807) is 0 Å². The van der Waals surface area contributed by atoms with E-state index in [0.29, 0.717) is 13.0 Å². The fourth-order valence-corrected chi connectivity index (χ4v) is 2.96. The topological polar surface area (TPSA) is 47.6 Å². The number of aryl methyl sites for hydroxylation is 2. The summed E-state index contributed by atoms with van der Waals surface area (Å²) in [5, 5.41) is 3.00. The molecule has 0 aliphatic rings. The van der Waals surface area contributed by atoms with Crippen LogP contribution < -0.4 is 14.8 Å². The molecule has 28 heavy (non-hydrogen) atoms. The number of hydrogen-bond acceptors (Lipinski definition) is 3. The highest BCUT2D eigenvalue weighted by Gasteiger charge is 2.17. The third kappa shape index (κ3) is 6.91. The normalized spacial score (nSPS) is 11.7. The minimum absolute atomic E-state index is 0.0578. The fraction of sp³-hybridized carbons (Fsp3) is 0.458. The Bertz CT molecular complexity index is 712. The number of amides is 1. The first kappa shape index (κ1) is 21.8. The minimum Gasteiger partial charge on any atom is -0.493 e. The standard InChI is InChI=1S/C24H33NO3/c1-4-18-27-23-12-8-7-10-20(23)11-9-17-25-24(26)22(6-3)28-21-15-13-19(5-2)14-16-21/h7-8,10,12-16,22H,4-6,9,11,17-18H2,1-3H3,(H,25,26)/t22-/m0/s1. The molecule has 2 rings (SSSR count). The maximum Gasteiger partial charge on any atom is 0.261 e. The first-order chi connectivity index (χ1) is 13.7. The largest absolute Gasteiger partial charge is 0.493 e. The van der Waals surface area contributed by atoms with Crippen molar-refractivity contribution in [3.8, 4) is 11.5 Å². The molecule has 1 N–H and O–H groups in total. The van der Waals surface area contributed by atoms with Gasteiger partial charge in [0, 0.05) is 6.54 Å². The summed E-state index contributed by atoms with van der Waals surface area (Å²) >= 11 is 0. The molecule has 0 aliphatic heterocycles. The number of ether oxygens (including phenoxy) is 2. The average molecular weight is 384 g/mol. The molecule has 0 fully saturated rings. The number of rotatable bonds is 12. The first-order valence-electron chi connectivity index (χ1n) is 10.4. The molecule has 0 heterocycles. The molecule has 152 valence electrons. The van der Waals surface area contributed by atoms with E-state index in [0.717, 1.165) is 43.8 Å². The summed E-state index contributed by atoms with van der Waals surface area (Å²) in [6, 6.07) is 16.1. The van der Waals surface area contributed by atoms with Gasteiger partial charge in [-0.3, -0.25) is 4.79 Å². The van der Waals surface area contributed by atoms with Crippen LogP contribution in [-0.2, 0) is 17.6 Å². The highest BCUT2D eigenvalue weighted by Crippen LogP contribution is 2.20. The SMILES string of the molecule is CCCOc1ccccc1CCCNC(=O)[C@H](CC)Oc1ccc(CC)cc1. The minimum atomic E-state index is -0.465. The van der Waals surface area contributed by atoms with Crippen molar-refractivity contribution in [3.05, 3.63) is 59.7 Å². The third-order valence-electron chi connectivity index (χ3n) is 4.63. The van der Waals surface area contributed by atoms with Crippen LogP contribution in [0.2, 0.25) is 0 Å². The lowest BCUT2D eigenvalue weighted by molar-refractivity contribution is -0.128. The number of para-hydroxylation sites is 1. The molecule has 2 aromatic rings. The zero-order valence-electron chi connectivity index (χ0n) is 17.4. The molecule has 1 atom stereocenters. The maximum absolute atomic E-state index is 12.5. The Hall–Kier alpha value is -2.49. The molecule has 4 heteroatoms. The Kier molecular flexibility index (Phi) is 9.40. The molecule has 1 amide bonds. The zero-order chi connectivity index (χ0) is 20.2. The van der Waals surface area contributed by atoms with Crippen LogP contribution >= 0.6 is 0 Å². The molecule has 4 nitrogen and oxygen atoms in total. The Morgan fingerprint density at radius 1 is 1.04 bits per heavy atom. The molecule has 0 unspecified atom stereocenters. The number of carbonyl (C=O) groups is 1. The highest BCUT2D eigenvalue weighted by molar-refractivity contribution is 5.81. The molecule has 0 aliphatic carbocycles. The lowest BCUT2D eigenvalue weighted by Crippen LogP contribution is -2.38. The lowest BCUT2D eigenvalue weighted by Gasteiger charge is -2.17. The van der Waals surface area contributed by atoms with Gasteiger partial charge in [-0.05, 0) is 61.4 Å². The van der Waals surface area contributed by atoms with Crippen LogP contribution in [0.4, 0.5) is 0 Å². The Morgan fingerprint density at radius 2 is 1.79 bits per heavy atom. The highest BCUT2D eigenvalue weighted by atomic mass is 16.5. The summed E-state index contributed by atoms with van der Waals surface area (Å²) in [7, 11) is 0. The van der Waals surface area contributed by atoms with Gasteiger partial charge in [-0.2, -0.15) is 0 Å². The van der Waals surface area contributed by atoms with Crippen LogP contribution in [0, 0.1) is 0 Å². The maximum atomic E-state index is 12.5. The quantitative estimate of drug-likeness (QED) is 0.528. The second-order valence-electron chi connectivity index (χ2n) is 6.86. The van der Waals surface area contributed by atoms with Crippen LogP contribution in [0.5, 0.6) is 11.5 Å². The number of nitrogens with one attached hydrogen (secondary N) is 1. The zero-order valence-corrected chi connectivity index (χ0v) is 17.4. The van der Waals surface area contributed by atoms with E-state index < -0.39 is 6.10 Å². The molecule has 0 aromatic heterocycles. The number of benzene rings is 2. The van der Waals surface area contributed by atoms with E-state index in [1.165, 1.54) is 11.1 Å². The van der Waals surface area contributed by atoms with Crippen LogP contribution in [0.15, 0.2) is 48.5 Å². The predicted molar refractivity (Wildman–Crippen MR) is 114 cm³/mol. The molecule has 0 saturated carbocycles. The number of hydrogen-bond donors (Lipinski definition) is 1. The summed E-state index contributed by atoms with van der Waals surface area (Å²) in [6.45, 7) is 7.53. The molecule has 2 aromatic carbocycles. The van der Waals surface area contributed by atoms with Crippen LogP contribution in [0.25, 0.3) is 0 Å². The molecule has 0 bridgehead atoms. The van der Waals surface area contributed by atoms with Crippen molar-refractivity contribution in [1.82, 2.24) is 5.32 Å². The van der Waals surface area contributed by atoms with E-state index in [2.05, 4.69) is 25.2 Å². The Labute approximate surface area is 169 Å². The predicted octanol–water partition coefficient (Wildman–Crippen LogP) is 4.94. The van der Waals surface area contributed by atoms with E-state index >= 15 is 0 Å². The van der Waals surface area contributed by atoms with Gasteiger partial charge in [-0.15, -0.1) is 0 Å². The molecule has 0 saturated heterocycles. The molecular formula is C24H33NO3. The van der Waals surface area contributed by atoms with E-state index in [4.69, 9.17) is 9.47 Å². The van der Waals surface area contributed by atoms with Gasteiger partial charge in [0.2, 0.25) is 0 Å². The number of carbonyl (C=O) groups excluding carboxylic acids is 1. The van der Waals surface area contributed by atoms with Gasteiger partial charge < -0.3 is 14.8 Å². The lowest BCUT2D eigenvalue weighted by atomic mass is 10.1. The van der Waals surface area contributed by atoms with Crippen molar-refractivity contribution in [1.29, 1.82) is 0 Å². The summed E-state index contributed by atoms with van der Waals surface area (Å²) < 4.78 is 11.7. The van der Waals surface area contributed by atoms with Gasteiger partial charge in [0.05, 0.1) is 6.61 Å². The van der Waals surface area contributed by atoms with Gasteiger partial charge in [0.15, 0.2) is 6.10 Å². The van der Waals surface area contributed by atoms with Crippen molar-refractivity contribution < 1.29 is 14.3 Å². The van der Waals surface area contributed by atoms with Crippen molar-refractivity contribution in [3.63, 3.8) is 0 Å². The van der Waals surface area contributed by atoms with Crippen molar-refractivity contribution in [2.45, 2.75) is 59.0 Å². The van der Waals surface area contributed by atoms with Crippen LogP contribution in [0.1, 0.15) is 51.2 Å². The van der Waals surface area contributed by atoms with Crippen molar-refractivity contribution >= 4 is 5.91 Å².